The van der Waals surface area contributed by atoms with E-state index >= 15 is 0 Å². The fraction of sp³-hybridized carbons (Fsp3) is 0.667. The normalized spacial score (nSPS) is 12.2. The Kier molecular flexibility index (Phi) is 6.63. The lowest BCUT2D eigenvalue weighted by Crippen LogP contribution is -2.31. The molecule has 0 saturated carbocycles. The third-order valence-electron chi connectivity index (χ3n) is 2.69. The molecule has 1 aromatic heterocycles. The van der Waals surface area contributed by atoms with Crippen LogP contribution in [0.25, 0.3) is 0 Å². The van der Waals surface area contributed by atoms with Gasteiger partial charge in [0.1, 0.15) is 4.21 Å². The van der Waals surface area contributed by atoms with Crippen molar-refractivity contribution in [3.63, 3.8) is 0 Å². The van der Waals surface area contributed by atoms with Crippen LogP contribution in [-0.4, -0.2) is 31.7 Å². The summed E-state index contributed by atoms with van der Waals surface area (Å²) >= 11 is 6.99. The van der Waals surface area contributed by atoms with Crippen molar-refractivity contribution in [2.75, 3.05) is 19.0 Å². The maximum absolute atomic E-state index is 12.4. The van der Waals surface area contributed by atoms with Gasteiger partial charge < -0.3 is 0 Å². The Morgan fingerprint density at radius 2 is 2.06 bits per heavy atom. The van der Waals surface area contributed by atoms with Crippen LogP contribution in [0.5, 0.6) is 0 Å². The van der Waals surface area contributed by atoms with E-state index in [0.29, 0.717) is 23.2 Å². The zero-order valence-corrected chi connectivity index (χ0v) is 13.2. The van der Waals surface area contributed by atoms with Crippen molar-refractivity contribution in [1.29, 1.82) is 0 Å². The zero-order chi connectivity index (χ0) is 13.6. The van der Waals surface area contributed by atoms with Crippen LogP contribution in [-0.2, 0) is 16.4 Å². The molecule has 0 saturated heterocycles. The van der Waals surface area contributed by atoms with E-state index in [1.54, 1.807) is 10.4 Å². The van der Waals surface area contributed by atoms with Gasteiger partial charge in [0, 0.05) is 23.8 Å². The Bertz CT molecular complexity index is 456. The number of halogens is 1. The molecular weight excluding hydrogens is 290 g/mol. The minimum atomic E-state index is -3.31. The Balaban J connectivity index is 2.88. The van der Waals surface area contributed by atoms with Gasteiger partial charge >= 0.3 is 0 Å². The lowest BCUT2D eigenvalue weighted by molar-refractivity contribution is 0.420. The molecule has 0 aliphatic heterocycles. The molecule has 0 N–H and O–H groups in total. The highest BCUT2D eigenvalue weighted by molar-refractivity contribution is 7.91. The maximum Gasteiger partial charge on any atom is 0.252 e. The summed E-state index contributed by atoms with van der Waals surface area (Å²) < 4.78 is 26.8. The number of rotatable bonds is 8. The first-order chi connectivity index (χ1) is 8.56. The minimum absolute atomic E-state index is 0.431. The lowest BCUT2D eigenvalue weighted by atomic mass is 10.3. The largest absolute Gasteiger partial charge is 0.252 e. The number of hydrogen-bond donors (Lipinski definition) is 0. The van der Waals surface area contributed by atoms with Gasteiger partial charge in [-0.2, -0.15) is 4.31 Å². The maximum atomic E-state index is 12.4. The third-order valence-corrected chi connectivity index (χ3v) is 6.46. The van der Waals surface area contributed by atoms with Gasteiger partial charge in [-0.1, -0.05) is 20.3 Å². The standard InChI is InChI=1S/C12H20ClNO2S2/c1-3-5-10-14(4-2)18(15,16)12-7-6-11(17-12)8-9-13/h6-7H,3-5,8-10H2,1-2H3. The van der Waals surface area contributed by atoms with Gasteiger partial charge in [-0.05, 0) is 25.0 Å². The van der Waals surface area contributed by atoms with Crippen LogP contribution in [0.2, 0.25) is 0 Å². The summed E-state index contributed by atoms with van der Waals surface area (Å²) in [7, 11) is -3.31. The number of hydrogen-bond acceptors (Lipinski definition) is 3. The summed E-state index contributed by atoms with van der Waals surface area (Å²) in [5.74, 6) is 0.521. The van der Waals surface area contributed by atoms with E-state index in [0.717, 1.165) is 24.1 Å². The van der Waals surface area contributed by atoms with Gasteiger partial charge in [-0.25, -0.2) is 8.42 Å². The molecule has 18 heavy (non-hydrogen) atoms. The summed E-state index contributed by atoms with van der Waals surface area (Å²) in [4.78, 5) is 1.02. The molecule has 0 fully saturated rings. The lowest BCUT2D eigenvalue weighted by Gasteiger charge is -2.18. The molecule has 1 aromatic rings. The van der Waals surface area contributed by atoms with Crippen molar-refractivity contribution in [1.82, 2.24) is 4.31 Å². The van der Waals surface area contributed by atoms with Gasteiger partial charge in [0.05, 0.1) is 0 Å². The SMILES string of the molecule is CCCCN(CC)S(=O)(=O)c1ccc(CCCl)s1. The summed E-state index contributed by atoms with van der Waals surface area (Å²) in [6.45, 7) is 5.05. The number of unbranched alkanes of at least 4 members (excludes halogenated alkanes) is 1. The van der Waals surface area contributed by atoms with E-state index in [4.69, 9.17) is 11.6 Å². The van der Waals surface area contributed by atoms with E-state index in [1.807, 2.05) is 13.0 Å². The molecule has 0 amide bonds. The van der Waals surface area contributed by atoms with Crippen LogP contribution in [0, 0.1) is 0 Å². The molecule has 0 atom stereocenters. The first-order valence-electron chi connectivity index (χ1n) is 6.21. The predicted octanol–water partition coefficient (Wildman–Crippen LogP) is 3.34. The third kappa shape index (κ3) is 3.95. The smallest absolute Gasteiger partial charge is 0.206 e. The highest BCUT2D eigenvalue weighted by atomic mass is 35.5. The Morgan fingerprint density at radius 1 is 1.33 bits per heavy atom. The van der Waals surface area contributed by atoms with Crippen molar-refractivity contribution in [3.8, 4) is 0 Å². The number of nitrogens with zero attached hydrogens (tertiary/aromatic N) is 1. The van der Waals surface area contributed by atoms with Crippen molar-refractivity contribution in [2.45, 2.75) is 37.3 Å². The predicted molar refractivity (Wildman–Crippen MR) is 78.1 cm³/mol. The first kappa shape index (κ1) is 16.0. The molecule has 1 heterocycles. The molecule has 6 heteroatoms. The summed E-state index contributed by atoms with van der Waals surface area (Å²) in [6, 6.07) is 3.55. The molecule has 0 aliphatic carbocycles. The fourth-order valence-corrected chi connectivity index (χ4v) is 4.95. The number of thiophene rings is 1. The van der Waals surface area contributed by atoms with E-state index in [9.17, 15) is 8.42 Å². The molecule has 0 spiro atoms. The average Bonchev–Trinajstić information content (AvgIpc) is 2.79. The van der Waals surface area contributed by atoms with Crippen molar-refractivity contribution >= 4 is 33.0 Å². The second kappa shape index (κ2) is 7.48. The Hall–Kier alpha value is -0.100. The fourth-order valence-electron chi connectivity index (χ4n) is 1.63. The van der Waals surface area contributed by atoms with Crippen LogP contribution in [0.1, 0.15) is 31.6 Å². The second-order valence-electron chi connectivity index (χ2n) is 4.01. The molecule has 104 valence electrons. The van der Waals surface area contributed by atoms with Gasteiger partial charge in [-0.3, -0.25) is 0 Å². The van der Waals surface area contributed by atoms with Crippen molar-refractivity contribution in [2.24, 2.45) is 0 Å². The van der Waals surface area contributed by atoms with Crippen LogP contribution in [0.3, 0.4) is 0 Å². The highest BCUT2D eigenvalue weighted by Gasteiger charge is 2.24. The van der Waals surface area contributed by atoms with Crippen molar-refractivity contribution < 1.29 is 8.42 Å². The summed E-state index contributed by atoms with van der Waals surface area (Å²) in [5.41, 5.74) is 0. The molecule has 1 rings (SSSR count). The van der Waals surface area contributed by atoms with Gasteiger partial charge in [0.25, 0.3) is 10.0 Å². The van der Waals surface area contributed by atoms with Crippen LogP contribution >= 0.6 is 22.9 Å². The van der Waals surface area contributed by atoms with Gasteiger partial charge in [-0.15, -0.1) is 22.9 Å². The Morgan fingerprint density at radius 3 is 2.61 bits per heavy atom. The molecule has 0 aromatic carbocycles. The van der Waals surface area contributed by atoms with Gasteiger partial charge in [0.15, 0.2) is 0 Å². The molecule has 3 nitrogen and oxygen atoms in total. The summed E-state index contributed by atoms with van der Waals surface area (Å²) in [6.07, 6.45) is 2.61. The number of aryl methyl sites for hydroxylation is 1. The van der Waals surface area contributed by atoms with E-state index in [2.05, 4.69) is 6.92 Å². The molecule has 0 radical (unpaired) electrons. The Labute approximate surface area is 119 Å². The number of alkyl halides is 1. The minimum Gasteiger partial charge on any atom is -0.206 e. The second-order valence-corrected chi connectivity index (χ2v) is 7.72. The van der Waals surface area contributed by atoms with E-state index < -0.39 is 10.0 Å². The first-order valence-corrected chi connectivity index (χ1v) is 9.00. The quantitative estimate of drug-likeness (QED) is 0.691. The van der Waals surface area contributed by atoms with Crippen LogP contribution in [0.4, 0.5) is 0 Å². The van der Waals surface area contributed by atoms with E-state index in [-0.39, 0.29) is 0 Å². The monoisotopic (exact) mass is 309 g/mol. The molecule has 0 aliphatic rings. The van der Waals surface area contributed by atoms with Crippen LogP contribution < -0.4 is 0 Å². The molecule has 0 unspecified atom stereocenters. The zero-order valence-electron chi connectivity index (χ0n) is 10.9. The molecular formula is C12H20ClNO2S2. The van der Waals surface area contributed by atoms with E-state index in [1.165, 1.54) is 11.3 Å². The van der Waals surface area contributed by atoms with Gasteiger partial charge in [0.2, 0.25) is 0 Å². The highest BCUT2D eigenvalue weighted by Crippen LogP contribution is 2.25. The van der Waals surface area contributed by atoms with Crippen LogP contribution in [0.15, 0.2) is 16.3 Å². The molecule has 0 bridgehead atoms. The summed E-state index contributed by atoms with van der Waals surface area (Å²) in [5, 5.41) is 0. The van der Waals surface area contributed by atoms with Crippen molar-refractivity contribution in [3.05, 3.63) is 17.0 Å². The topological polar surface area (TPSA) is 37.4 Å². The average molecular weight is 310 g/mol. The number of sulfonamides is 1.